The Morgan fingerprint density at radius 3 is 1.88 bits per heavy atom. The summed E-state index contributed by atoms with van der Waals surface area (Å²) in [5.74, 6) is -3.65. The molecule has 1 heterocycles. The van der Waals surface area contributed by atoms with E-state index in [4.69, 9.17) is 19.8 Å². The Balaban J connectivity index is 0.000000534. The van der Waals surface area contributed by atoms with Gasteiger partial charge in [-0.15, -0.1) is 0 Å². The third kappa shape index (κ3) is 6.83. The van der Waals surface area contributed by atoms with E-state index in [9.17, 15) is 18.5 Å². The van der Waals surface area contributed by atoms with Gasteiger partial charge in [-0.3, -0.25) is 15.0 Å². The van der Waals surface area contributed by atoms with Crippen molar-refractivity contribution in [2.24, 2.45) is 0 Å². The normalized spacial score (nSPS) is 14.8. The largest absolute Gasteiger partial charge is 0.473 e. The number of non-ortho nitro benzene ring substituents is 1. The van der Waals surface area contributed by atoms with Crippen molar-refractivity contribution in [3.63, 3.8) is 0 Å². The van der Waals surface area contributed by atoms with E-state index in [0.717, 1.165) is 6.54 Å². The molecule has 0 atom stereocenters. The highest BCUT2D eigenvalue weighted by atomic mass is 32.2. The summed E-state index contributed by atoms with van der Waals surface area (Å²) in [7, 11) is -3.62. The Morgan fingerprint density at radius 2 is 1.44 bits per heavy atom. The molecule has 2 aromatic carbocycles. The van der Waals surface area contributed by atoms with Crippen LogP contribution in [0, 0.1) is 17.0 Å². The number of rotatable bonds is 5. The molecule has 12 heteroatoms. The first-order valence-corrected chi connectivity index (χ1v) is 10.9. The molecule has 32 heavy (non-hydrogen) atoms. The molecule has 1 aliphatic rings. The first-order chi connectivity index (χ1) is 15.0. The number of aliphatic carboxylic acids is 2. The number of hydrogen-bond donors (Lipinski definition) is 2. The topological polar surface area (TPSA) is 158 Å². The molecule has 0 radical (unpaired) electrons. The summed E-state index contributed by atoms with van der Waals surface area (Å²) in [6, 6.07) is 13.4. The van der Waals surface area contributed by atoms with Crippen molar-refractivity contribution >= 4 is 27.6 Å². The van der Waals surface area contributed by atoms with Gasteiger partial charge in [-0.2, -0.15) is 4.31 Å². The maximum Gasteiger partial charge on any atom is 0.414 e. The van der Waals surface area contributed by atoms with E-state index >= 15 is 0 Å². The van der Waals surface area contributed by atoms with E-state index in [0.29, 0.717) is 26.2 Å². The predicted molar refractivity (Wildman–Crippen MR) is 114 cm³/mol. The van der Waals surface area contributed by atoms with Crippen LogP contribution in [0.2, 0.25) is 0 Å². The highest BCUT2D eigenvalue weighted by Crippen LogP contribution is 2.21. The van der Waals surface area contributed by atoms with Crippen molar-refractivity contribution in [1.82, 2.24) is 9.21 Å². The molecule has 11 nitrogen and oxygen atoms in total. The van der Waals surface area contributed by atoms with Gasteiger partial charge in [0, 0.05) is 44.9 Å². The summed E-state index contributed by atoms with van der Waals surface area (Å²) in [5, 5.41) is 25.5. The molecule has 1 aliphatic heterocycles. The summed E-state index contributed by atoms with van der Waals surface area (Å²) < 4.78 is 26.9. The van der Waals surface area contributed by atoms with Crippen molar-refractivity contribution in [3.8, 4) is 0 Å². The van der Waals surface area contributed by atoms with Gasteiger partial charge in [0.1, 0.15) is 0 Å². The van der Waals surface area contributed by atoms with Gasteiger partial charge in [-0.05, 0) is 24.6 Å². The summed E-state index contributed by atoms with van der Waals surface area (Å²) >= 11 is 0. The first kappa shape index (κ1) is 24.9. The number of benzene rings is 2. The maximum atomic E-state index is 12.7. The number of nitro groups is 1. The number of carboxylic acids is 2. The molecule has 2 N–H and O–H groups in total. The van der Waals surface area contributed by atoms with E-state index < -0.39 is 26.9 Å². The second-order valence-electron chi connectivity index (χ2n) is 7.03. The van der Waals surface area contributed by atoms with E-state index in [1.807, 2.05) is 6.92 Å². The lowest BCUT2D eigenvalue weighted by Crippen LogP contribution is -2.48. The van der Waals surface area contributed by atoms with Crippen molar-refractivity contribution < 1.29 is 33.1 Å². The molecule has 0 bridgehead atoms. The number of nitro benzene ring substituents is 1. The van der Waals surface area contributed by atoms with Gasteiger partial charge in [-0.1, -0.05) is 29.8 Å². The highest BCUT2D eigenvalue weighted by Gasteiger charge is 2.28. The third-order valence-corrected chi connectivity index (χ3v) is 6.64. The van der Waals surface area contributed by atoms with E-state index in [1.165, 1.54) is 39.7 Å². The van der Waals surface area contributed by atoms with Gasteiger partial charge < -0.3 is 10.2 Å². The summed E-state index contributed by atoms with van der Waals surface area (Å²) in [6.45, 7) is 4.97. The van der Waals surface area contributed by atoms with Crippen LogP contribution in [0.1, 0.15) is 11.1 Å². The Hall–Kier alpha value is -3.35. The van der Waals surface area contributed by atoms with Crippen LogP contribution in [0.25, 0.3) is 0 Å². The molecule has 1 saturated heterocycles. The fraction of sp³-hybridized carbons (Fsp3) is 0.300. The first-order valence-electron chi connectivity index (χ1n) is 9.49. The van der Waals surface area contributed by atoms with Crippen LogP contribution in [-0.2, 0) is 26.2 Å². The minimum Gasteiger partial charge on any atom is -0.473 e. The van der Waals surface area contributed by atoms with Gasteiger partial charge >= 0.3 is 11.9 Å². The molecule has 172 valence electrons. The van der Waals surface area contributed by atoms with Crippen molar-refractivity contribution in [2.75, 3.05) is 26.2 Å². The molecule has 0 unspecified atom stereocenters. The van der Waals surface area contributed by atoms with E-state index in [-0.39, 0.29) is 10.6 Å². The molecule has 0 spiro atoms. The molecule has 1 fully saturated rings. The molecule has 3 rings (SSSR count). The smallest absolute Gasteiger partial charge is 0.414 e. The molecule has 2 aromatic rings. The second-order valence-corrected chi connectivity index (χ2v) is 8.97. The average molecular weight is 465 g/mol. The van der Waals surface area contributed by atoms with E-state index in [2.05, 4.69) is 29.2 Å². The van der Waals surface area contributed by atoms with Crippen LogP contribution in [0.15, 0.2) is 53.4 Å². The van der Waals surface area contributed by atoms with Gasteiger partial charge in [0.15, 0.2) is 0 Å². The van der Waals surface area contributed by atoms with Crippen LogP contribution < -0.4 is 0 Å². The molecule has 0 aromatic heterocycles. The predicted octanol–water partition coefficient (Wildman–Crippen LogP) is 1.57. The van der Waals surface area contributed by atoms with Crippen LogP contribution >= 0.6 is 0 Å². The Labute approximate surface area is 184 Å². The second kappa shape index (κ2) is 10.8. The van der Waals surface area contributed by atoms with Crippen LogP contribution in [-0.4, -0.2) is 70.9 Å². The average Bonchev–Trinajstić information content (AvgIpc) is 2.76. The van der Waals surface area contributed by atoms with Crippen LogP contribution in [0.4, 0.5) is 5.69 Å². The highest BCUT2D eigenvalue weighted by molar-refractivity contribution is 7.89. The van der Waals surface area contributed by atoms with Crippen molar-refractivity contribution in [1.29, 1.82) is 0 Å². The number of nitrogens with zero attached hydrogens (tertiary/aromatic N) is 3. The van der Waals surface area contributed by atoms with Crippen LogP contribution in [0.5, 0.6) is 0 Å². The lowest BCUT2D eigenvalue weighted by atomic mass is 10.1. The quantitative estimate of drug-likeness (QED) is 0.380. The zero-order valence-electron chi connectivity index (χ0n) is 17.2. The monoisotopic (exact) mass is 465 g/mol. The molecule has 0 saturated carbocycles. The Morgan fingerprint density at radius 1 is 0.938 bits per heavy atom. The van der Waals surface area contributed by atoms with Crippen molar-refractivity contribution in [3.05, 3.63) is 69.8 Å². The Kier molecular flexibility index (Phi) is 8.41. The number of hydrogen-bond acceptors (Lipinski definition) is 7. The number of aryl methyl sites for hydroxylation is 1. The van der Waals surface area contributed by atoms with E-state index in [1.54, 1.807) is 0 Å². The van der Waals surface area contributed by atoms with Crippen molar-refractivity contribution in [2.45, 2.75) is 18.4 Å². The molecule has 0 aliphatic carbocycles. The lowest BCUT2D eigenvalue weighted by Gasteiger charge is -2.34. The molecule has 0 amide bonds. The Bertz CT molecular complexity index is 1050. The minimum atomic E-state index is -3.62. The third-order valence-electron chi connectivity index (χ3n) is 4.73. The van der Waals surface area contributed by atoms with Crippen LogP contribution in [0.3, 0.4) is 0 Å². The van der Waals surface area contributed by atoms with Gasteiger partial charge in [0.25, 0.3) is 5.69 Å². The number of piperazine rings is 1. The fourth-order valence-electron chi connectivity index (χ4n) is 2.97. The van der Waals surface area contributed by atoms with Gasteiger partial charge in [-0.25, -0.2) is 18.0 Å². The SMILES string of the molecule is Cc1ccc(CN2CCN(S(=O)(=O)c3ccc([N+](=O)[O-])cc3)CC2)cc1.O=C(O)C(=O)O. The maximum absolute atomic E-state index is 12.7. The number of carboxylic acid groups (broad SMARTS) is 2. The zero-order chi connectivity index (χ0) is 23.9. The fourth-order valence-corrected chi connectivity index (χ4v) is 4.39. The number of carbonyl (C=O) groups is 2. The standard InChI is InChI=1S/C18H21N3O4S.C2H2O4/c1-15-2-4-16(5-3-15)14-19-10-12-20(13-11-19)26(24,25)18-8-6-17(7-9-18)21(22)23;3-1(4)2(5)6/h2-9H,10-14H2,1H3;(H,3,4)(H,5,6). The molecular weight excluding hydrogens is 442 g/mol. The summed E-state index contributed by atoms with van der Waals surface area (Å²) in [4.78, 5) is 30.7. The van der Waals surface area contributed by atoms with Gasteiger partial charge in [0.2, 0.25) is 10.0 Å². The molecular formula is C20H23N3O8S. The number of sulfonamides is 1. The van der Waals surface area contributed by atoms with Gasteiger partial charge in [0.05, 0.1) is 9.82 Å². The summed E-state index contributed by atoms with van der Waals surface area (Å²) in [5.41, 5.74) is 2.31. The lowest BCUT2D eigenvalue weighted by molar-refractivity contribution is -0.384. The minimum absolute atomic E-state index is 0.0927. The zero-order valence-corrected chi connectivity index (χ0v) is 18.1. The summed E-state index contributed by atoms with van der Waals surface area (Å²) in [6.07, 6.45) is 0.